The largest absolute Gasteiger partial charge is 0.283 e. The van der Waals surface area contributed by atoms with Crippen LogP contribution in [0.15, 0.2) is 18.6 Å². The minimum absolute atomic E-state index is 0.211. The number of aromatic nitrogens is 5. The van der Waals surface area contributed by atoms with Gasteiger partial charge in [0.2, 0.25) is 5.78 Å². The summed E-state index contributed by atoms with van der Waals surface area (Å²) in [6.45, 7) is 0. The maximum Gasteiger partial charge on any atom is 0.247 e. The van der Waals surface area contributed by atoms with Crippen molar-refractivity contribution in [2.75, 3.05) is 0 Å². The number of H-pyrrole nitrogens is 1. The summed E-state index contributed by atoms with van der Waals surface area (Å²) in [5.74, 6) is 0.0149. The van der Waals surface area contributed by atoms with Gasteiger partial charge in [0.05, 0.1) is 0 Å². The second-order valence-electron chi connectivity index (χ2n) is 2.50. The SMILES string of the molecule is Cn1nccc1C(=O)c1ncn[nH]1. The van der Waals surface area contributed by atoms with Crippen LogP contribution in [0.5, 0.6) is 0 Å². The van der Waals surface area contributed by atoms with Crippen LogP contribution in [0.25, 0.3) is 0 Å². The summed E-state index contributed by atoms with van der Waals surface area (Å²) >= 11 is 0. The molecule has 0 saturated carbocycles. The molecule has 0 amide bonds. The van der Waals surface area contributed by atoms with Crippen molar-refractivity contribution < 1.29 is 4.79 Å². The van der Waals surface area contributed by atoms with Gasteiger partial charge in [-0.15, -0.1) is 0 Å². The van der Waals surface area contributed by atoms with E-state index in [9.17, 15) is 4.79 Å². The van der Waals surface area contributed by atoms with Crippen molar-refractivity contribution >= 4 is 5.78 Å². The van der Waals surface area contributed by atoms with Crippen LogP contribution in [-0.4, -0.2) is 30.7 Å². The molecular weight excluding hydrogens is 170 g/mol. The van der Waals surface area contributed by atoms with Gasteiger partial charge in [-0.3, -0.25) is 14.6 Å². The molecule has 0 unspecified atom stereocenters. The molecule has 6 heteroatoms. The van der Waals surface area contributed by atoms with E-state index in [0.29, 0.717) is 5.69 Å². The maximum atomic E-state index is 11.6. The number of nitrogens with one attached hydrogen (secondary N) is 1. The molecule has 0 fully saturated rings. The molecule has 13 heavy (non-hydrogen) atoms. The normalized spacial score (nSPS) is 10.2. The zero-order valence-corrected chi connectivity index (χ0v) is 6.93. The van der Waals surface area contributed by atoms with Crippen molar-refractivity contribution in [3.63, 3.8) is 0 Å². The van der Waals surface area contributed by atoms with E-state index in [1.54, 1.807) is 19.3 Å². The first-order valence-corrected chi connectivity index (χ1v) is 3.67. The number of carbonyl (C=O) groups excluding carboxylic acids is 1. The molecule has 0 atom stereocenters. The highest BCUT2D eigenvalue weighted by Gasteiger charge is 2.14. The van der Waals surface area contributed by atoms with Gasteiger partial charge in [0.1, 0.15) is 12.0 Å². The van der Waals surface area contributed by atoms with Crippen LogP contribution in [0.4, 0.5) is 0 Å². The molecule has 2 aromatic heterocycles. The number of hydrogen-bond acceptors (Lipinski definition) is 4. The fraction of sp³-hybridized carbons (Fsp3) is 0.143. The van der Waals surface area contributed by atoms with Crippen molar-refractivity contribution in [3.8, 4) is 0 Å². The molecule has 2 aromatic rings. The molecule has 0 bridgehead atoms. The van der Waals surface area contributed by atoms with Crippen LogP contribution >= 0.6 is 0 Å². The molecule has 6 nitrogen and oxygen atoms in total. The monoisotopic (exact) mass is 177 g/mol. The third-order valence-corrected chi connectivity index (χ3v) is 1.68. The first-order chi connectivity index (χ1) is 6.29. The number of aromatic amines is 1. The molecular formula is C7H7N5O. The van der Waals surface area contributed by atoms with E-state index >= 15 is 0 Å². The highest BCUT2D eigenvalue weighted by Crippen LogP contribution is 2.02. The number of rotatable bonds is 2. The molecule has 0 aliphatic carbocycles. The smallest absolute Gasteiger partial charge is 0.247 e. The van der Waals surface area contributed by atoms with Crippen LogP contribution in [0.2, 0.25) is 0 Å². The summed E-state index contributed by atoms with van der Waals surface area (Å²) in [5, 5.41) is 9.98. The van der Waals surface area contributed by atoms with E-state index in [0.717, 1.165) is 0 Å². The summed E-state index contributed by atoms with van der Waals surface area (Å²) in [4.78, 5) is 15.4. The van der Waals surface area contributed by atoms with Gasteiger partial charge >= 0.3 is 0 Å². The molecule has 0 radical (unpaired) electrons. The topological polar surface area (TPSA) is 76.5 Å². The Morgan fingerprint density at radius 3 is 3.00 bits per heavy atom. The van der Waals surface area contributed by atoms with Gasteiger partial charge in [-0.25, -0.2) is 4.98 Å². The predicted molar refractivity (Wildman–Crippen MR) is 43.0 cm³/mol. The fourth-order valence-corrected chi connectivity index (χ4v) is 1.03. The fourth-order valence-electron chi connectivity index (χ4n) is 1.03. The molecule has 2 rings (SSSR count). The summed E-state index contributed by atoms with van der Waals surface area (Å²) in [5.41, 5.74) is 0.483. The van der Waals surface area contributed by atoms with E-state index < -0.39 is 0 Å². The van der Waals surface area contributed by atoms with Crippen molar-refractivity contribution in [1.82, 2.24) is 25.0 Å². The highest BCUT2D eigenvalue weighted by molar-refractivity contribution is 6.05. The van der Waals surface area contributed by atoms with Crippen molar-refractivity contribution in [1.29, 1.82) is 0 Å². The van der Waals surface area contributed by atoms with Crippen LogP contribution in [0.3, 0.4) is 0 Å². The lowest BCUT2D eigenvalue weighted by atomic mass is 10.3. The molecule has 1 N–H and O–H groups in total. The number of carbonyl (C=O) groups is 1. The lowest BCUT2D eigenvalue weighted by Gasteiger charge is -1.96. The van der Waals surface area contributed by atoms with Gasteiger partial charge in [-0.05, 0) is 6.07 Å². The van der Waals surface area contributed by atoms with Crippen LogP contribution in [0.1, 0.15) is 16.3 Å². The standard InChI is InChI=1S/C7H7N5O/c1-12-5(2-3-10-12)6(13)7-8-4-9-11-7/h2-4H,1H3,(H,8,9,11). The highest BCUT2D eigenvalue weighted by atomic mass is 16.1. The van der Waals surface area contributed by atoms with Crippen LogP contribution in [-0.2, 0) is 7.05 Å². The third-order valence-electron chi connectivity index (χ3n) is 1.68. The Balaban J connectivity index is 2.39. The Morgan fingerprint density at radius 1 is 1.62 bits per heavy atom. The van der Waals surface area contributed by atoms with Gasteiger partial charge in [0.15, 0.2) is 5.82 Å². The van der Waals surface area contributed by atoms with Crippen LogP contribution < -0.4 is 0 Å². The Kier molecular flexibility index (Phi) is 1.66. The van der Waals surface area contributed by atoms with E-state index in [4.69, 9.17) is 0 Å². The van der Waals surface area contributed by atoms with Gasteiger partial charge in [-0.1, -0.05) is 0 Å². The van der Waals surface area contributed by atoms with Gasteiger partial charge in [0.25, 0.3) is 0 Å². The summed E-state index contributed by atoms with van der Waals surface area (Å²) in [6, 6.07) is 1.63. The Hall–Kier alpha value is -1.98. The summed E-state index contributed by atoms with van der Waals surface area (Å²) in [7, 11) is 1.70. The number of hydrogen-bond donors (Lipinski definition) is 1. The molecule has 0 aromatic carbocycles. The summed E-state index contributed by atoms with van der Waals surface area (Å²) < 4.78 is 1.49. The minimum atomic E-state index is -0.211. The molecule has 66 valence electrons. The third kappa shape index (κ3) is 1.22. The van der Waals surface area contributed by atoms with E-state index in [-0.39, 0.29) is 11.6 Å². The van der Waals surface area contributed by atoms with Crippen molar-refractivity contribution in [2.45, 2.75) is 0 Å². The second kappa shape index (κ2) is 2.81. The molecule has 0 aliphatic heterocycles. The Labute approximate surface area is 73.6 Å². The average molecular weight is 177 g/mol. The Bertz CT molecular complexity index is 416. The predicted octanol–water partition coefficient (Wildman–Crippen LogP) is -0.231. The molecule has 0 aliphatic rings. The lowest BCUT2D eigenvalue weighted by molar-refractivity contribution is 0.102. The van der Waals surface area contributed by atoms with Gasteiger partial charge < -0.3 is 0 Å². The average Bonchev–Trinajstić information content (AvgIpc) is 2.72. The van der Waals surface area contributed by atoms with Gasteiger partial charge in [0, 0.05) is 13.2 Å². The lowest BCUT2D eigenvalue weighted by Crippen LogP contribution is -2.09. The molecule has 2 heterocycles. The zero-order valence-electron chi connectivity index (χ0n) is 6.93. The van der Waals surface area contributed by atoms with E-state index in [1.165, 1.54) is 11.0 Å². The quantitative estimate of drug-likeness (QED) is 0.643. The maximum absolute atomic E-state index is 11.6. The van der Waals surface area contributed by atoms with Crippen molar-refractivity contribution in [3.05, 3.63) is 30.1 Å². The van der Waals surface area contributed by atoms with Crippen LogP contribution in [0, 0.1) is 0 Å². The number of nitrogens with zero attached hydrogens (tertiary/aromatic N) is 4. The molecule has 0 spiro atoms. The Morgan fingerprint density at radius 2 is 2.46 bits per heavy atom. The van der Waals surface area contributed by atoms with Gasteiger partial charge in [-0.2, -0.15) is 10.2 Å². The molecule has 0 saturated heterocycles. The second-order valence-corrected chi connectivity index (χ2v) is 2.50. The number of aryl methyl sites for hydroxylation is 1. The summed E-state index contributed by atoms with van der Waals surface area (Å²) in [6.07, 6.45) is 2.85. The van der Waals surface area contributed by atoms with E-state index in [1.807, 2.05) is 0 Å². The first-order valence-electron chi connectivity index (χ1n) is 3.67. The van der Waals surface area contributed by atoms with E-state index in [2.05, 4.69) is 20.3 Å². The zero-order chi connectivity index (χ0) is 9.26. The minimum Gasteiger partial charge on any atom is -0.283 e. The number of ketones is 1. The first kappa shape index (κ1) is 7.66. The van der Waals surface area contributed by atoms with Crippen molar-refractivity contribution in [2.24, 2.45) is 7.05 Å².